The minimum atomic E-state index is -3.31. The molecule has 0 aliphatic heterocycles. The van der Waals surface area contributed by atoms with E-state index >= 15 is 0 Å². The van der Waals surface area contributed by atoms with E-state index in [4.69, 9.17) is 10.7 Å². The van der Waals surface area contributed by atoms with Crippen LogP contribution in [0.5, 0.6) is 0 Å². The molecule has 2 aliphatic rings. The lowest BCUT2D eigenvalue weighted by molar-refractivity contribution is 0.575. The maximum Gasteiger partial charge on any atom is 0.236 e. The first-order valence-electron chi connectivity index (χ1n) is 3.69. The second-order valence-corrected chi connectivity index (χ2v) is 6.14. The van der Waals surface area contributed by atoms with Gasteiger partial charge in [0.1, 0.15) is 0 Å². The summed E-state index contributed by atoms with van der Waals surface area (Å²) < 4.78 is 21.9. The first kappa shape index (κ1) is 7.62. The Bertz CT molecular complexity index is 294. The molecule has 1 saturated carbocycles. The van der Waals surface area contributed by atoms with Crippen molar-refractivity contribution in [3.05, 3.63) is 12.2 Å². The maximum atomic E-state index is 11.0. The molecule has 4 heteroatoms. The van der Waals surface area contributed by atoms with E-state index in [2.05, 4.69) is 6.08 Å². The Hall–Kier alpha value is -0.0200. The fourth-order valence-corrected chi connectivity index (χ4v) is 3.77. The Morgan fingerprint density at radius 3 is 2.27 bits per heavy atom. The highest BCUT2D eigenvalue weighted by Gasteiger charge is 2.42. The number of hydrogen-bond donors (Lipinski definition) is 0. The van der Waals surface area contributed by atoms with Gasteiger partial charge in [0.15, 0.2) is 0 Å². The molecule has 0 aromatic carbocycles. The van der Waals surface area contributed by atoms with Crippen LogP contribution < -0.4 is 0 Å². The molecular weight excluding hydrogens is 184 g/mol. The van der Waals surface area contributed by atoms with Gasteiger partial charge < -0.3 is 0 Å². The first-order chi connectivity index (χ1) is 5.07. The van der Waals surface area contributed by atoms with Gasteiger partial charge in [-0.15, -0.1) is 0 Å². The van der Waals surface area contributed by atoms with Crippen LogP contribution in [0.3, 0.4) is 0 Å². The highest BCUT2D eigenvalue weighted by Crippen LogP contribution is 2.43. The van der Waals surface area contributed by atoms with E-state index in [-0.39, 0.29) is 11.2 Å². The molecule has 0 spiro atoms. The Balaban J connectivity index is 2.28. The largest absolute Gasteiger partial charge is 0.236 e. The molecule has 2 nitrogen and oxygen atoms in total. The summed E-state index contributed by atoms with van der Waals surface area (Å²) >= 11 is 0. The molecule has 0 heterocycles. The zero-order valence-corrected chi connectivity index (χ0v) is 7.48. The van der Waals surface area contributed by atoms with Gasteiger partial charge in [-0.3, -0.25) is 0 Å². The number of hydrogen-bond acceptors (Lipinski definition) is 2. The highest BCUT2D eigenvalue weighted by molar-refractivity contribution is 8.14. The SMILES string of the molecule is O=S(=O)(Cl)C1CC2C=C[C@@H]1C2. The van der Waals surface area contributed by atoms with Crippen molar-refractivity contribution in [2.24, 2.45) is 11.8 Å². The van der Waals surface area contributed by atoms with Crippen molar-refractivity contribution in [1.29, 1.82) is 0 Å². The molecule has 2 aliphatic carbocycles. The Labute approximate surface area is 70.7 Å². The van der Waals surface area contributed by atoms with Crippen LogP contribution in [0.25, 0.3) is 0 Å². The van der Waals surface area contributed by atoms with Crippen LogP contribution >= 0.6 is 10.7 Å². The zero-order chi connectivity index (χ0) is 8.06. The summed E-state index contributed by atoms with van der Waals surface area (Å²) in [6, 6.07) is 0. The Morgan fingerprint density at radius 1 is 1.27 bits per heavy atom. The van der Waals surface area contributed by atoms with Crippen LogP contribution in [0.15, 0.2) is 12.2 Å². The number of rotatable bonds is 1. The van der Waals surface area contributed by atoms with E-state index in [0.29, 0.717) is 5.92 Å². The van der Waals surface area contributed by atoms with E-state index in [1.807, 2.05) is 6.08 Å². The lowest BCUT2D eigenvalue weighted by Crippen LogP contribution is -2.20. The minimum Gasteiger partial charge on any atom is -0.212 e. The third-order valence-electron chi connectivity index (χ3n) is 2.58. The summed E-state index contributed by atoms with van der Waals surface area (Å²) in [5, 5.41) is -0.306. The summed E-state index contributed by atoms with van der Waals surface area (Å²) in [6.45, 7) is 0. The van der Waals surface area contributed by atoms with Gasteiger partial charge in [0.05, 0.1) is 5.25 Å². The van der Waals surface area contributed by atoms with Crippen molar-refractivity contribution in [2.45, 2.75) is 18.1 Å². The van der Waals surface area contributed by atoms with Crippen LogP contribution in [-0.2, 0) is 9.05 Å². The predicted molar refractivity (Wildman–Crippen MR) is 43.9 cm³/mol. The van der Waals surface area contributed by atoms with Crippen LogP contribution in [0, 0.1) is 11.8 Å². The molecule has 11 heavy (non-hydrogen) atoms. The summed E-state index contributed by atoms with van der Waals surface area (Å²) in [7, 11) is 1.96. The van der Waals surface area contributed by atoms with Crippen molar-refractivity contribution >= 4 is 19.7 Å². The topological polar surface area (TPSA) is 34.1 Å². The van der Waals surface area contributed by atoms with Gasteiger partial charge in [-0.05, 0) is 24.7 Å². The van der Waals surface area contributed by atoms with E-state index in [1.54, 1.807) is 0 Å². The fourth-order valence-electron chi connectivity index (χ4n) is 2.05. The average Bonchev–Trinajstić information content (AvgIpc) is 2.42. The lowest BCUT2D eigenvalue weighted by atomic mass is 10.1. The van der Waals surface area contributed by atoms with Crippen molar-refractivity contribution in [3.63, 3.8) is 0 Å². The van der Waals surface area contributed by atoms with E-state index < -0.39 is 9.05 Å². The maximum absolute atomic E-state index is 11.0. The molecule has 2 bridgehead atoms. The predicted octanol–water partition coefficient (Wildman–Crippen LogP) is 1.52. The van der Waals surface area contributed by atoms with Gasteiger partial charge in [0, 0.05) is 10.7 Å². The number of halogens is 1. The van der Waals surface area contributed by atoms with E-state index in [9.17, 15) is 8.42 Å². The molecule has 3 atom stereocenters. The van der Waals surface area contributed by atoms with Crippen molar-refractivity contribution in [3.8, 4) is 0 Å². The smallest absolute Gasteiger partial charge is 0.212 e. The standard InChI is InChI=1S/C7H9ClO2S/c8-11(9,10)7-4-5-1-2-6(7)3-5/h1-2,5-7H,3-4H2/t5?,6-,7?/m1/s1. The molecule has 2 rings (SSSR count). The third-order valence-corrected chi connectivity index (χ3v) is 4.53. The van der Waals surface area contributed by atoms with Gasteiger partial charge in [0.25, 0.3) is 0 Å². The molecule has 0 aromatic heterocycles. The molecule has 2 unspecified atom stereocenters. The monoisotopic (exact) mass is 192 g/mol. The summed E-state index contributed by atoms with van der Waals surface area (Å²) in [5.74, 6) is 0.668. The molecule has 0 radical (unpaired) electrons. The van der Waals surface area contributed by atoms with Crippen LogP contribution in [0.2, 0.25) is 0 Å². The fraction of sp³-hybridized carbons (Fsp3) is 0.714. The van der Waals surface area contributed by atoms with Crippen molar-refractivity contribution < 1.29 is 8.42 Å². The molecule has 0 saturated heterocycles. The van der Waals surface area contributed by atoms with Crippen LogP contribution in [-0.4, -0.2) is 13.7 Å². The zero-order valence-electron chi connectivity index (χ0n) is 5.90. The lowest BCUT2D eigenvalue weighted by Gasteiger charge is -2.13. The summed E-state index contributed by atoms with van der Waals surface area (Å²) in [4.78, 5) is 0. The highest BCUT2D eigenvalue weighted by atomic mass is 35.7. The van der Waals surface area contributed by atoms with Gasteiger partial charge in [0.2, 0.25) is 9.05 Å². The first-order valence-corrected chi connectivity index (χ1v) is 6.06. The average molecular weight is 193 g/mol. The molecule has 1 fully saturated rings. The van der Waals surface area contributed by atoms with Gasteiger partial charge >= 0.3 is 0 Å². The Morgan fingerprint density at radius 2 is 2.00 bits per heavy atom. The van der Waals surface area contributed by atoms with Gasteiger partial charge in [-0.2, -0.15) is 0 Å². The van der Waals surface area contributed by atoms with E-state index in [1.165, 1.54) is 0 Å². The third kappa shape index (κ3) is 1.20. The summed E-state index contributed by atoms with van der Waals surface area (Å²) in [6.07, 6.45) is 5.80. The van der Waals surface area contributed by atoms with Crippen molar-refractivity contribution in [2.75, 3.05) is 0 Å². The quantitative estimate of drug-likeness (QED) is 0.466. The normalized spacial score (nSPS) is 41.7. The van der Waals surface area contributed by atoms with E-state index in [0.717, 1.165) is 12.8 Å². The summed E-state index contributed by atoms with van der Waals surface area (Å²) in [5.41, 5.74) is 0. The molecular formula is C7H9ClO2S. The Kier molecular flexibility index (Phi) is 1.55. The molecule has 62 valence electrons. The molecule has 0 aromatic rings. The molecule has 0 amide bonds. The number of allylic oxidation sites excluding steroid dienone is 2. The minimum absolute atomic E-state index is 0.197. The van der Waals surface area contributed by atoms with Crippen molar-refractivity contribution in [1.82, 2.24) is 0 Å². The van der Waals surface area contributed by atoms with Gasteiger partial charge in [-0.25, -0.2) is 8.42 Å². The molecule has 0 N–H and O–H groups in total. The number of fused-ring (bicyclic) bond motifs is 2. The van der Waals surface area contributed by atoms with Gasteiger partial charge in [-0.1, -0.05) is 12.2 Å². The van der Waals surface area contributed by atoms with Crippen LogP contribution in [0.1, 0.15) is 12.8 Å². The second-order valence-electron chi connectivity index (χ2n) is 3.29. The van der Waals surface area contributed by atoms with Crippen LogP contribution in [0.4, 0.5) is 0 Å². The second kappa shape index (κ2) is 2.23.